The fourth-order valence-corrected chi connectivity index (χ4v) is 3.89. The first kappa shape index (κ1) is 22.7. The van der Waals surface area contributed by atoms with Gasteiger partial charge in [-0.15, -0.1) is 0 Å². The number of methoxy groups -OCH3 is 1. The molecule has 1 heterocycles. The third-order valence-corrected chi connectivity index (χ3v) is 5.64. The first-order chi connectivity index (χ1) is 14.9. The number of halogens is 1. The second-order valence-electron chi connectivity index (χ2n) is 7.25. The molecule has 2 aromatic rings. The number of carbonyl (C=O) groups is 1. The third kappa shape index (κ3) is 6.02. The van der Waals surface area contributed by atoms with E-state index >= 15 is 0 Å². The molecule has 164 valence electrons. The summed E-state index contributed by atoms with van der Waals surface area (Å²) in [6.45, 7) is 2.19. The molecule has 1 aliphatic heterocycles. The van der Waals surface area contributed by atoms with Gasteiger partial charge in [0.2, 0.25) is 5.91 Å². The summed E-state index contributed by atoms with van der Waals surface area (Å²) >= 11 is 3.34. The Morgan fingerprint density at radius 2 is 2.03 bits per heavy atom. The highest BCUT2D eigenvalue weighted by Crippen LogP contribution is 2.32. The maximum Gasteiger partial charge on any atom is 0.269 e. The molecule has 3 rings (SSSR count). The first-order valence-corrected chi connectivity index (χ1v) is 10.5. The van der Waals surface area contributed by atoms with E-state index in [-0.39, 0.29) is 23.3 Å². The van der Waals surface area contributed by atoms with E-state index in [9.17, 15) is 20.0 Å². The van der Waals surface area contributed by atoms with Gasteiger partial charge in [0.15, 0.2) is 11.5 Å². The summed E-state index contributed by atoms with van der Waals surface area (Å²) in [4.78, 5) is 25.0. The van der Waals surface area contributed by atoms with Gasteiger partial charge in [0.1, 0.15) is 0 Å². The molecule has 0 aliphatic carbocycles. The lowest BCUT2D eigenvalue weighted by Gasteiger charge is -2.30. The molecule has 1 saturated heterocycles. The fraction of sp³-hybridized carbons (Fsp3) is 0.333. The molecule has 0 atom stereocenters. The first-order valence-electron chi connectivity index (χ1n) is 9.72. The summed E-state index contributed by atoms with van der Waals surface area (Å²) in [6, 6.07) is 9.84. The zero-order valence-electron chi connectivity index (χ0n) is 17.0. The van der Waals surface area contributed by atoms with E-state index in [1.165, 1.54) is 25.5 Å². The normalized spacial score (nSPS) is 15.2. The molecule has 2 N–H and O–H groups in total. The van der Waals surface area contributed by atoms with Crippen molar-refractivity contribution in [1.82, 2.24) is 10.3 Å². The number of non-ortho nitro benzene ring substituents is 1. The molecular weight excluding hydrogens is 468 g/mol. The minimum atomic E-state index is -0.412. The summed E-state index contributed by atoms with van der Waals surface area (Å²) in [7, 11) is 1.46. The molecule has 0 unspecified atom stereocenters. The Morgan fingerprint density at radius 3 is 2.65 bits per heavy atom. The zero-order chi connectivity index (χ0) is 22.4. The number of nitro benzene ring substituents is 1. The molecule has 2 aromatic carbocycles. The largest absolute Gasteiger partial charge is 0.504 e. The van der Waals surface area contributed by atoms with Crippen LogP contribution in [0, 0.1) is 16.0 Å². The number of ether oxygens (including phenoxy) is 1. The van der Waals surface area contributed by atoms with Crippen LogP contribution in [0.5, 0.6) is 11.5 Å². The number of aromatic hydroxyl groups is 1. The van der Waals surface area contributed by atoms with Gasteiger partial charge >= 0.3 is 0 Å². The van der Waals surface area contributed by atoms with Gasteiger partial charge in [-0.1, -0.05) is 28.1 Å². The highest BCUT2D eigenvalue weighted by atomic mass is 79.9. The van der Waals surface area contributed by atoms with Crippen LogP contribution in [0.1, 0.15) is 24.0 Å². The van der Waals surface area contributed by atoms with Crippen LogP contribution in [-0.2, 0) is 11.3 Å². The average molecular weight is 491 g/mol. The predicted octanol–water partition coefficient (Wildman–Crippen LogP) is 3.43. The fourth-order valence-electron chi connectivity index (χ4n) is 3.44. The van der Waals surface area contributed by atoms with E-state index in [4.69, 9.17) is 4.74 Å². The SMILES string of the molecule is COc1cc(Br)cc(/C=N/NC(=O)C2CCN(Cc3ccc([N+](=O)[O-])cc3)CC2)c1O. The van der Waals surface area contributed by atoms with Gasteiger partial charge in [-0.25, -0.2) is 5.43 Å². The molecule has 1 amide bonds. The Kier molecular flexibility index (Phi) is 7.59. The monoisotopic (exact) mass is 490 g/mol. The van der Waals surface area contributed by atoms with Crippen LogP contribution in [0.4, 0.5) is 5.69 Å². The Bertz CT molecular complexity index is 972. The molecule has 10 heteroatoms. The molecule has 0 radical (unpaired) electrons. The number of amides is 1. The molecule has 0 aromatic heterocycles. The Hall–Kier alpha value is -2.98. The van der Waals surface area contributed by atoms with Crippen LogP contribution in [0.3, 0.4) is 0 Å². The quantitative estimate of drug-likeness (QED) is 0.348. The summed E-state index contributed by atoms with van der Waals surface area (Å²) in [5.41, 5.74) is 4.05. The van der Waals surface area contributed by atoms with Gasteiger partial charge in [0, 0.05) is 34.6 Å². The smallest absolute Gasteiger partial charge is 0.269 e. The zero-order valence-corrected chi connectivity index (χ0v) is 18.5. The van der Waals surface area contributed by atoms with Crippen molar-refractivity contribution in [2.75, 3.05) is 20.2 Å². The Balaban J connectivity index is 1.48. The number of hydrogen-bond donors (Lipinski definition) is 2. The lowest BCUT2D eigenvalue weighted by Crippen LogP contribution is -2.39. The lowest BCUT2D eigenvalue weighted by atomic mass is 9.96. The molecule has 9 nitrogen and oxygen atoms in total. The number of carbonyl (C=O) groups excluding carboxylic acids is 1. The average Bonchev–Trinajstić information content (AvgIpc) is 2.76. The number of likely N-dealkylation sites (tertiary alicyclic amines) is 1. The molecule has 0 bridgehead atoms. The number of hydrazone groups is 1. The van der Waals surface area contributed by atoms with Crippen molar-refractivity contribution in [3.8, 4) is 11.5 Å². The van der Waals surface area contributed by atoms with Crippen LogP contribution < -0.4 is 10.2 Å². The highest BCUT2D eigenvalue weighted by molar-refractivity contribution is 9.10. The van der Waals surface area contributed by atoms with Crippen molar-refractivity contribution >= 4 is 33.7 Å². The summed E-state index contributed by atoms with van der Waals surface area (Å²) in [5, 5.41) is 24.9. The number of nitrogens with one attached hydrogen (secondary N) is 1. The van der Waals surface area contributed by atoms with E-state index in [2.05, 4.69) is 31.4 Å². The van der Waals surface area contributed by atoms with Crippen molar-refractivity contribution in [3.05, 3.63) is 62.1 Å². The van der Waals surface area contributed by atoms with E-state index in [0.717, 1.165) is 23.1 Å². The lowest BCUT2D eigenvalue weighted by molar-refractivity contribution is -0.384. The van der Waals surface area contributed by atoms with Gasteiger partial charge in [-0.2, -0.15) is 5.10 Å². The number of phenolic OH excluding ortho intramolecular Hbond substituents is 1. The van der Waals surface area contributed by atoms with Crippen molar-refractivity contribution in [3.63, 3.8) is 0 Å². The van der Waals surface area contributed by atoms with Crippen LogP contribution in [0.25, 0.3) is 0 Å². The second kappa shape index (κ2) is 10.4. The van der Waals surface area contributed by atoms with Crippen LogP contribution in [-0.4, -0.2) is 47.3 Å². The number of piperidine rings is 1. The van der Waals surface area contributed by atoms with Gasteiger partial charge in [0.05, 0.1) is 18.2 Å². The van der Waals surface area contributed by atoms with Crippen molar-refractivity contribution < 1.29 is 19.6 Å². The van der Waals surface area contributed by atoms with Gasteiger partial charge in [0.25, 0.3) is 5.69 Å². The highest BCUT2D eigenvalue weighted by Gasteiger charge is 2.25. The minimum Gasteiger partial charge on any atom is -0.504 e. The minimum absolute atomic E-state index is 0.0525. The number of benzene rings is 2. The van der Waals surface area contributed by atoms with E-state index in [1.807, 2.05) is 0 Å². The van der Waals surface area contributed by atoms with Crippen molar-refractivity contribution in [2.24, 2.45) is 11.0 Å². The van der Waals surface area contributed by atoms with Crippen molar-refractivity contribution in [2.45, 2.75) is 19.4 Å². The second-order valence-corrected chi connectivity index (χ2v) is 8.17. The van der Waals surface area contributed by atoms with E-state index < -0.39 is 4.92 Å². The number of phenols is 1. The number of hydrogen-bond acceptors (Lipinski definition) is 7. The molecule has 1 aliphatic rings. The summed E-state index contributed by atoms with van der Waals surface area (Å²) in [5.74, 6) is -0.0469. The topological polar surface area (TPSA) is 117 Å². The van der Waals surface area contributed by atoms with Crippen LogP contribution in [0.2, 0.25) is 0 Å². The van der Waals surface area contributed by atoms with Crippen LogP contribution in [0.15, 0.2) is 46.0 Å². The van der Waals surface area contributed by atoms with Crippen molar-refractivity contribution in [1.29, 1.82) is 0 Å². The Morgan fingerprint density at radius 1 is 1.35 bits per heavy atom. The number of nitrogens with zero attached hydrogens (tertiary/aromatic N) is 3. The Labute approximate surface area is 188 Å². The van der Waals surface area contributed by atoms with Gasteiger partial charge < -0.3 is 9.84 Å². The molecule has 1 fully saturated rings. The maximum absolute atomic E-state index is 12.4. The maximum atomic E-state index is 12.4. The van der Waals surface area contributed by atoms with Crippen LogP contribution >= 0.6 is 15.9 Å². The summed E-state index contributed by atoms with van der Waals surface area (Å²) < 4.78 is 5.81. The predicted molar refractivity (Wildman–Crippen MR) is 119 cm³/mol. The number of rotatable bonds is 7. The number of nitro groups is 1. The third-order valence-electron chi connectivity index (χ3n) is 5.18. The molecule has 31 heavy (non-hydrogen) atoms. The van der Waals surface area contributed by atoms with Gasteiger partial charge in [-0.05, 0) is 43.6 Å². The van der Waals surface area contributed by atoms with E-state index in [0.29, 0.717) is 30.7 Å². The standard InChI is InChI=1S/C21H23BrN4O5/c1-31-19-11-17(22)10-16(20(19)27)12-23-24-21(28)15-6-8-25(9-7-15)13-14-2-4-18(5-3-14)26(29)30/h2-5,10-12,15,27H,6-9,13H2,1H3,(H,24,28)/b23-12+. The van der Waals surface area contributed by atoms with Gasteiger partial charge in [-0.3, -0.25) is 19.8 Å². The van der Waals surface area contributed by atoms with E-state index in [1.54, 1.807) is 24.3 Å². The molecular formula is C21H23BrN4O5. The molecule has 0 spiro atoms. The molecule has 0 saturated carbocycles. The summed E-state index contributed by atoms with van der Waals surface area (Å²) in [6.07, 6.45) is 2.78.